The number of fused-ring (bicyclic) bond motifs is 1. The molecule has 1 aliphatic heterocycles. The van der Waals surface area contributed by atoms with E-state index in [1.54, 1.807) is 4.57 Å². The molecule has 3 rings (SSSR count). The minimum Gasteiger partial charge on any atom is -0.467 e. The molecule has 0 aliphatic carbocycles. The van der Waals surface area contributed by atoms with E-state index in [0.717, 1.165) is 6.42 Å². The van der Waals surface area contributed by atoms with Crippen molar-refractivity contribution in [1.29, 1.82) is 0 Å². The SMILES string of the molecule is CCCn1c(SCc2cc([N+](=O)[O-])cc3c2OCOC3)n[nH]c1=O. The summed E-state index contributed by atoms with van der Waals surface area (Å²) in [7, 11) is 0. The summed E-state index contributed by atoms with van der Waals surface area (Å²) in [4.78, 5) is 22.4. The molecule has 1 aromatic carbocycles. The second-order valence-corrected chi connectivity index (χ2v) is 6.16. The number of nitrogens with zero attached hydrogens (tertiary/aromatic N) is 3. The maximum atomic E-state index is 11.7. The molecule has 1 N–H and O–H groups in total. The number of hydrogen-bond acceptors (Lipinski definition) is 7. The number of H-pyrrole nitrogens is 1. The van der Waals surface area contributed by atoms with E-state index in [1.165, 1.54) is 23.9 Å². The first-order valence-corrected chi connectivity index (χ1v) is 8.37. The Hall–Kier alpha value is -2.33. The minimum atomic E-state index is -0.440. The number of benzene rings is 1. The Morgan fingerprint density at radius 2 is 2.33 bits per heavy atom. The smallest absolute Gasteiger partial charge is 0.343 e. The van der Waals surface area contributed by atoms with Crippen molar-refractivity contribution in [3.05, 3.63) is 43.9 Å². The van der Waals surface area contributed by atoms with E-state index >= 15 is 0 Å². The Labute approximate surface area is 141 Å². The third-order valence-electron chi connectivity index (χ3n) is 3.51. The predicted molar refractivity (Wildman–Crippen MR) is 86.1 cm³/mol. The van der Waals surface area contributed by atoms with Crippen LogP contribution in [0.3, 0.4) is 0 Å². The van der Waals surface area contributed by atoms with E-state index in [4.69, 9.17) is 9.47 Å². The van der Waals surface area contributed by atoms with Gasteiger partial charge in [0, 0.05) is 35.6 Å². The van der Waals surface area contributed by atoms with Gasteiger partial charge in [-0.1, -0.05) is 18.7 Å². The largest absolute Gasteiger partial charge is 0.467 e. The van der Waals surface area contributed by atoms with Crippen LogP contribution >= 0.6 is 11.8 Å². The molecule has 0 radical (unpaired) electrons. The van der Waals surface area contributed by atoms with Crippen molar-refractivity contribution in [2.24, 2.45) is 0 Å². The molecule has 9 nitrogen and oxygen atoms in total. The molecule has 0 fully saturated rings. The van der Waals surface area contributed by atoms with Crippen molar-refractivity contribution in [3.63, 3.8) is 0 Å². The Balaban J connectivity index is 1.88. The summed E-state index contributed by atoms with van der Waals surface area (Å²) in [5, 5.41) is 18.1. The zero-order valence-electron chi connectivity index (χ0n) is 13.0. The van der Waals surface area contributed by atoms with Gasteiger partial charge in [0.15, 0.2) is 11.9 Å². The lowest BCUT2D eigenvalue weighted by Crippen LogP contribution is -2.17. The summed E-state index contributed by atoms with van der Waals surface area (Å²) in [5.41, 5.74) is 1.07. The van der Waals surface area contributed by atoms with Crippen LogP contribution in [0.15, 0.2) is 22.1 Å². The molecular formula is C14H16N4O5S. The van der Waals surface area contributed by atoms with Crippen LogP contribution in [0.4, 0.5) is 5.69 Å². The zero-order valence-corrected chi connectivity index (χ0v) is 13.8. The average molecular weight is 352 g/mol. The molecule has 0 amide bonds. The highest BCUT2D eigenvalue weighted by Gasteiger charge is 2.21. The van der Waals surface area contributed by atoms with Gasteiger partial charge in [-0.05, 0) is 6.42 Å². The zero-order chi connectivity index (χ0) is 17.1. The van der Waals surface area contributed by atoms with Crippen LogP contribution in [0.1, 0.15) is 24.5 Å². The van der Waals surface area contributed by atoms with Gasteiger partial charge in [-0.25, -0.2) is 9.89 Å². The van der Waals surface area contributed by atoms with E-state index in [-0.39, 0.29) is 24.8 Å². The van der Waals surface area contributed by atoms with E-state index < -0.39 is 4.92 Å². The van der Waals surface area contributed by atoms with Gasteiger partial charge in [-0.2, -0.15) is 0 Å². The normalized spacial score (nSPS) is 13.4. The standard InChI is InChI=1S/C14H16N4O5S/c1-2-3-17-13(19)15-16-14(17)24-7-10-5-11(18(20)21)4-9-6-22-8-23-12(9)10/h4-5H,2-3,6-8H2,1H3,(H,15,19). The highest BCUT2D eigenvalue weighted by molar-refractivity contribution is 7.98. The fourth-order valence-corrected chi connectivity index (χ4v) is 3.41. The van der Waals surface area contributed by atoms with E-state index in [2.05, 4.69) is 10.2 Å². The lowest BCUT2D eigenvalue weighted by molar-refractivity contribution is -0.385. The molecule has 1 aromatic heterocycles. The van der Waals surface area contributed by atoms with Crippen molar-refractivity contribution in [1.82, 2.24) is 14.8 Å². The molecule has 0 atom stereocenters. The number of hydrogen-bond donors (Lipinski definition) is 1. The van der Waals surface area contributed by atoms with Crippen LogP contribution in [0.2, 0.25) is 0 Å². The van der Waals surface area contributed by atoms with Crippen LogP contribution < -0.4 is 10.4 Å². The first-order valence-electron chi connectivity index (χ1n) is 7.39. The number of non-ortho nitro benzene ring substituents is 1. The molecule has 2 heterocycles. The van der Waals surface area contributed by atoms with Crippen LogP contribution in [0, 0.1) is 10.1 Å². The van der Waals surface area contributed by atoms with Gasteiger partial charge < -0.3 is 9.47 Å². The van der Waals surface area contributed by atoms with Gasteiger partial charge >= 0.3 is 5.69 Å². The van der Waals surface area contributed by atoms with Crippen molar-refractivity contribution < 1.29 is 14.4 Å². The number of nitrogens with one attached hydrogen (secondary N) is 1. The number of nitro groups is 1. The molecule has 24 heavy (non-hydrogen) atoms. The molecule has 0 saturated heterocycles. The Kier molecular flexibility index (Phi) is 4.86. The third kappa shape index (κ3) is 3.29. The van der Waals surface area contributed by atoms with Gasteiger partial charge in [-0.15, -0.1) is 5.10 Å². The van der Waals surface area contributed by atoms with Crippen LogP contribution in [-0.4, -0.2) is 26.5 Å². The van der Waals surface area contributed by atoms with Crippen molar-refractivity contribution in [2.45, 2.75) is 37.4 Å². The molecule has 0 spiro atoms. The summed E-state index contributed by atoms with van der Waals surface area (Å²) in [6.07, 6.45) is 0.805. The molecule has 128 valence electrons. The van der Waals surface area contributed by atoms with E-state index in [0.29, 0.717) is 34.3 Å². The van der Waals surface area contributed by atoms with E-state index in [9.17, 15) is 14.9 Å². The van der Waals surface area contributed by atoms with Crippen molar-refractivity contribution in [2.75, 3.05) is 6.79 Å². The topological polar surface area (TPSA) is 112 Å². The fraction of sp³-hybridized carbons (Fsp3) is 0.429. The average Bonchev–Trinajstić information content (AvgIpc) is 2.93. The first-order chi connectivity index (χ1) is 11.6. The summed E-state index contributed by atoms with van der Waals surface area (Å²) < 4.78 is 12.2. The predicted octanol–water partition coefficient (Wildman–Crippen LogP) is 2.05. The second kappa shape index (κ2) is 7.05. The molecule has 0 saturated carbocycles. The molecule has 10 heteroatoms. The lowest BCUT2D eigenvalue weighted by atomic mass is 10.1. The second-order valence-electron chi connectivity index (χ2n) is 5.21. The number of nitro benzene ring substituents is 1. The quantitative estimate of drug-likeness (QED) is 0.481. The number of rotatable bonds is 6. The maximum Gasteiger partial charge on any atom is 0.343 e. The van der Waals surface area contributed by atoms with Gasteiger partial charge in [0.1, 0.15) is 5.75 Å². The van der Waals surface area contributed by atoms with Crippen molar-refractivity contribution >= 4 is 17.4 Å². The Bertz CT molecular complexity index is 816. The summed E-state index contributed by atoms with van der Waals surface area (Å²) >= 11 is 1.33. The maximum absolute atomic E-state index is 11.7. The number of aromatic nitrogens is 3. The first kappa shape index (κ1) is 16.5. The van der Waals surface area contributed by atoms with Crippen LogP contribution in [-0.2, 0) is 23.6 Å². The summed E-state index contributed by atoms with van der Waals surface area (Å²) in [6, 6.07) is 2.95. The van der Waals surface area contributed by atoms with Gasteiger partial charge in [-0.3, -0.25) is 14.7 Å². The molecule has 0 unspecified atom stereocenters. The Morgan fingerprint density at radius 3 is 3.08 bits per heavy atom. The van der Waals surface area contributed by atoms with E-state index in [1.807, 2.05) is 6.92 Å². The Morgan fingerprint density at radius 1 is 1.50 bits per heavy atom. The highest BCUT2D eigenvalue weighted by atomic mass is 32.2. The summed E-state index contributed by atoms with van der Waals surface area (Å²) in [5.74, 6) is 1.01. The van der Waals surface area contributed by atoms with Crippen LogP contribution in [0.25, 0.3) is 0 Å². The van der Waals surface area contributed by atoms with Crippen molar-refractivity contribution in [3.8, 4) is 5.75 Å². The molecule has 1 aliphatic rings. The van der Waals surface area contributed by atoms with Gasteiger partial charge in [0.25, 0.3) is 5.69 Å². The molecule has 0 bridgehead atoms. The molecule has 2 aromatic rings. The number of aromatic amines is 1. The van der Waals surface area contributed by atoms with Gasteiger partial charge in [0.05, 0.1) is 11.5 Å². The minimum absolute atomic E-state index is 0.00794. The van der Waals surface area contributed by atoms with Gasteiger partial charge in [0.2, 0.25) is 0 Å². The monoisotopic (exact) mass is 352 g/mol. The number of thioether (sulfide) groups is 1. The fourth-order valence-electron chi connectivity index (χ4n) is 2.47. The molecular weight excluding hydrogens is 336 g/mol. The highest BCUT2D eigenvalue weighted by Crippen LogP contribution is 2.35. The third-order valence-corrected chi connectivity index (χ3v) is 4.53. The summed E-state index contributed by atoms with van der Waals surface area (Å²) in [6.45, 7) is 2.93. The van der Waals surface area contributed by atoms with Crippen LogP contribution in [0.5, 0.6) is 5.75 Å². The number of ether oxygens (including phenoxy) is 2. The lowest BCUT2D eigenvalue weighted by Gasteiger charge is -2.20.